The lowest BCUT2D eigenvalue weighted by Crippen LogP contribution is -2.06. The van der Waals surface area contributed by atoms with Gasteiger partial charge in [-0.1, -0.05) is 23.7 Å². The Morgan fingerprint density at radius 3 is 2.73 bits per heavy atom. The standard InChI is InChI=1S/C17H13ClF3N3OS/c18-12-9-11(17(19,20)21)10-22-15(12)26-16-23-13-5-1-2-6-14(13)24(16)7-3-4-8-25/h1-2,5-6,8-10H,3-4,7H2. The second-order valence-electron chi connectivity index (χ2n) is 5.45. The number of alkyl halides is 3. The van der Waals surface area contributed by atoms with Crippen LogP contribution in [0.1, 0.15) is 18.4 Å². The van der Waals surface area contributed by atoms with Crippen molar-refractivity contribution in [2.75, 3.05) is 0 Å². The minimum absolute atomic E-state index is 0.0867. The largest absolute Gasteiger partial charge is 0.417 e. The molecule has 0 radical (unpaired) electrons. The molecule has 0 amide bonds. The van der Waals surface area contributed by atoms with Crippen LogP contribution < -0.4 is 0 Å². The smallest absolute Gasteiger partial charge is 0.319 e. The molecular weight excluding hydrogens is 387 g/mol. The minimum Gasteiger partial charge on any atom is -0.319 e. The van der Waals surface area contributed by atoms with E-state index < -0.39 is 11.7 Å². The summed E-state index contributed by atoms with van der Waals surface area (Å²) in [4.78, 5) is 18.9. The van der Waals surface area contributed by atoms with Crippen LogP contribution in [0.5, 0.6) is 0 Å². The Morgan fingerprint density at radius 2 is 2.04 bits per heavy atom. The van der Waals surface area contributed by atoms with Crippen LogP contribution >= 0.6 is 23.4 Å². The van der Waals surface area contributed by atoms with Gasteiger partial charge in [0.15, 0.2) is 5.16 Å². The fraction of sp³-hybridized carbons (Fsp3) is 0.235. The first-order chi connectivity index (χ1) is 12.4. The second-order valence-corrected chi connectivity index (χ2v) is 6.82. The lowest BCUT2D eigenvalue weighted by atomic mass is 10.3. The second kappa shape index (κ2) is 7.67. The number of pyridine rings is 1. The van der Waals surface area contributed by atoms with E-state index in [1.165, 1.54) is 0 Å². The highest BCUT2D eigenvalue weighted by molar-refractivity contribution is 7.99. The number of benzene rings is 1. The van der Waals surface area contributed by atoms with Crippen molar-refractivity contribution >= 4 is 40.7 Å². The number of para-hydroxylation sites is 2. The molecule has 136 valence electrons. The Morgan fingerprint density at radius 1 is 1.27 bits per heavy atom. The van der Waals surface area contributed by atoms with Gasteiger partial charge in [-0.2, -0.15) is 13.2 Å². The number of imidazole rings is 1. The van der Waals surface area contributed by atoms with E-state index in [9.17, 15) is 18.0 Å². The molecule has 2 heterocycles. The predicted molar refractivity (Wildman–Crippen MR) is 93.4 cm³/mol. The van der Waals surface area contributed by atoms with Crippen molar-refractivity contribution in [1.29, 1.82) is 0 Å². The van der Waals surface area contributed by atoms with Gasteiger partial charge in [-0.3, -0.25) is 0 Å². The highest BCUT2D eigenvalue weighted by Gasteiger charge is 2.31. The van der Waals surface area contributed by atoms with Gasteiger partial charge in [0.1, 0.15) is 11.3 Å². The van der Waals surface area contributed by atoms with Gasteiger partial charge in [0, 0.05) is 19.2 Å². The average molecular weight is 400 g/mol. The molecule has 4 nitrogen and oxygen atoms in total. The van der Waals surface area contributed by atoms with Gasteiger partial charge < -0.3 is 9.36 Å². The number of aromatic nitrogens is 3. The number of carbonyl (C=O) groups excluding carboxylic acids is 1. The average Bonchev–Trinajstić information content (AvgIpc) is 2.93. The van der Waals surface area contributed by atoms with Crippen LogP contribution in [0.2, 0.25) is 5.02 Å². The number of halogens is 4. The fourth-order valence-corrected chi connectivity index (χ4v) is 3.58. The zero-order valence-electron chi connectivity index (χ0n) is 13.3. The number of hydrogen-bond acceptors (Lipinski definition) is 4. The first-order valence-electron chi connectivity index (χ1n) is 7.69. The summed E-state index contributed by atoms with van der Waals surface area (Å²) in [7, 11) is 0. The molecule has 2 aromatic heterocycles. The summed E-state index contributed by atoms with van der Waals surface area (Å²) in [6, 6.07) is 8.32. The van der Waals surface area contributed by atoms with Crippen LogP contribution in [0, 0.1) is 0 Å². The van der Waals surface area contributed by atoms with Crippen molar-refractivity contribution in [3.8, 4) is 0 Å². The van der Waals surface area contributed by atoms with E-state index in [0.29, 0.717) is 24.5 Å². The first-order valence-corrected chi connectivity index (χ1v) is 8.89. The lowest BCUT2D eigenvalue weighted by molar-refractivity contribution is -0.137. The number of hydrogen-bond donors (Lipinski definition) is 0. The SMILES string of the molecule is O=CCCCn1c(Sc2ncc(C(F)(F)F)cc2Cl)nc2ccccc21. The predicted octanol–water partition coefficient (Wildman–Crippen LogP) is 5.23. The third-order valence-electron chi connectivity index (χ3n) is 3.65. The highest BCUT2D eigenvalue weighted by atomic mass is 35.5. The van der Waals surface area contributed by atoms with Gasteiger partial charge in [-0.15, -0.1) is 0 Å². The van der Waals surface area contributed by atoms with Gasteiger partial charge in [0.2, 0.25) is 0 Å². The Kier molecular flexibility index (Phi) is 5.52. The molecule has 3 aromatic rings. The number of carbonyl (C=O) groups is 1. The van der Waals surface area contributed by atoms with E-state index in [2.05, 4.69) is 9.97 Å². The lowest BCUT2D eigenvalue weighted by Gasteiger charge is -2.10. The number of aldehydes is 1. The van der Waals surface area contributed by atoms with E-state index in [4.69, 9.17) is 11.6 Å². The molecule has 26 heavy (non-hydrogen) atoms. The van der Waals surface area contributed by atoms with Crippen LogP contribution in [0.3, 0.4) is 0 Å². The Labute approximate surface area is 156 Å². The quantitative estimate of drug-likeness (QED) is 0.420. The Bertz CT molecular complexity index is 943. The molecular formula is C17H13ClF3N3OS. The van der Waals surface area contributed by atoms with Crippen molar-refractivity contribution < 1.29 is 18.0 Å². The van der Waals surface area contributed by atoms with Crippen LogP contribution in [0.15, 0.2) is 46.7 Å². The summed E-state index contributed by atoms with van der Waals surface area (Å²) in [5.74, 6) is 0. The normalized spacial score (nSPS) is 11.8. The summed E-state index contributed by atoms with van der Waals surface area (Å²) in [6.07, 6.45) is -1.85. The van der Waals surface area contributed by atoms with E-state index >= 15 is 0 Å². The monoisotopic (exact) mass is 399 g/mol. The third kappa shape index (κ3) is 4.02. The topological polar surface area (TPSA) is 47.8 Å². The summed E-state index contributed by atoms with van der Waals surface area (Å²) >= 11 is 7.09. The summed E-state index contributed by atoms with van der Waals surface area (Å²) in [5.41, 5.74) is 0.736. The van der Waals surface area contributed by atoms with Crippen molar-refractivity contribution in [2.24, 2.45) is 0 Å². The maximum absolute atomic E-state index is 12.8. The van der Waals surface area contributed by atoms with Crippen LogP contribution in [-0.2, 0) is 17.5 Å². The molecule has 0 N–H and O–H groups in total. The van der Waals surface area contributed by atoms with Gasteiger partial charge >= 0.3 is 6.18 Å². The maximum Gasteiger partial charge on any atom is 0.417 e. The first kappa shape index (κ1) is 18.7. The third-order valence-corrected chi connectivity index (χ3v) is 5.06. The number of nitrogens with zero attached hydrogens (tertiary/aromatic N) is 3. The van der Waals surface area contributed by atoms with Crippen molar-refractivity contribution in [1.82, 2.24) is 14.5 Å². The fourth-order valence-electron chi connectivity index (χ4n) is 2.42. The number of rotatable bonds is 6. The van der Waals surface area contributed by atoms with Crippen LogP contribution in [-0.4, -0.2) is 20.8 Å². The van der Waals surface area contributed by atoms with Crippen molar-refractivity contribution in [3.63, 3.8) is 0 Å². The van der Waals surface area contributed by atoms with Crippen LogP contribution in [0.25, 0.3) is 11.0 Å². The molecule has 0 bridgehead atoms. The summed E-state index contributed by atoms with van der Waals surface area (Å²) in [5, 5.41) is 0.717. The molecule has 0 aliphatic rings. The molecule has 9 heteroatoms. The zero-order chi connectivity index (χ0) is 18.7. The summed E-state index contributed by atoms with van der Waals surface area (Å²) in [6.45, 7) is 0.555. The maximum atomic E-state index is 12.8. The molecule has 0 saturated carbocycles. The van der Waals surface area contributed by atoms with Crippen molar-refractivity contribution in [2.45, 2.75) is 35.7 Å². The molecule has 1 aromatic carbocycles. The number of aryl methyl sites for hydroxylation is 1. The highest BCUT2D eigenvalue weighted by Crippen LogP contribution is 2.37. The molecule has 0 unspecified atom stereocenters. The molecule has 0 saturated heterocycles. The van der Waals surface area contributed by atoms with E-state index in [0.717, 1.165) is 41.3 Å². The van der Waals surface area contributed by atoms with Crippen LogP contribution in [0.4, 0.5) is 13.2 Å². The Hall–Kier alpha value is -2.06. The molecule has 0 spiro atoms. The van der Waals surface area contributed by atoms with Gasteiger partial charge in [-0.25, -0.2) is 9.97 Å². The van der Waals surface area contributed by atoms with Crippen molar-refractivity contribution in [3.05, 3.63) is 47.1 Å². The van der Waals surface area contributed by atoms with E-state index in [-0.39, 0.29) is 10.0 Å². The number of fused-ring (bicyclic) bond motifs is 1. The molecule has 0 fully saturated rings. The van der Waals surface area contributed by atoms with E-state index in [1.54, 1.807) is 0 Å². The summed E-state index contributed by atoms with van der Waals surface area (Å²) < 4.78 is 40.2. The molecule has 0 atom stereocenters. The van der Waals surface area contributed by atoms with E-state index in [1.807, 2.05) is 28.8 Å². The van der Waals surface area contributed by atoms with Gasteiger partial charge in [0.25, 0.3) is 0 Å². The minimum atomic E-state index is -4.50. The molecule has 0 aliphatic carbocycles. The van der Waals surface area contributed by atoms with Gasteiger partial charge in [-0.05, 0) is 36.4 Å². The van der Waals surface area contributed by atoms with Gasteiger partial charge in [0.05, 0.1) is 21.6 Å². The number of unbranched alkanes of at least 4 members (excludes halogenated alkanes) is 1. The zero-order valence-corrected chi connectivity index (χ0v) is 14.9. The molecule has 3 rings (SSSR count). The molecule has 0 aliphatic heterocycles. The Balaban J connectivity index is 1.95.